The molecule has 0 aliphatic heterocycles. The molecule has 0 saturated heterocycles. The normalized spacial score (nSPS) is 11.9. The van der Waals surface area contributed by atoms with Crippen LogP contribution in [0.5, 0.6) is 0 Å². The van der Waals surface area contributed by atoms with E-state index in [1.807, 2.05) is 0 Å². The van der Waals surface area contributed by atoms with E-state index in [1.54, 1.807) is 0 Å². The SMILES string of the molecule is [N-]=[N+]=NCC(F)(F)S(=O)(=O)c1ccccn1. The lowest BCUT2D eigenvalue weighted by Crippen LogP contribution is -2.32. The van der Waals surface area contributed by atoms with Gasteiger partial charge in [0.05, 0.1) is 0 Å². The summed E-state index contributed by atoms with van der Waals surface area (Å²) >= 11 is 0. The molecular weight excluding hydrogens is 242 g/mol. The van der Waals surface area contributed by atoms with E-state index >= 15 is 0 Å². The molecule has 86 valence electrons. The van der Waals surface area contributed by atoms with Crippen molar-refractivity contribution in [1.82, 2.24) is 4.98 Å². The number of sulfone groups is 1. The predicted octanol–water partition coefficient (Wildman–Crippen LogP) is 1.76. The van der Waals surface area contributed by atoms with Crippen molar-refractivity contribution in [2.45, 2.75) is 10.3 Å². The van der Waals surface area contributed by atoms with Crippen LogP contribution in [0.25, 0.3) is 10.4 Å². The summed E-state index contributed by atoms with van der Waals surface area (Å²) in [5.74, 6) is 0. The monoisotopic (exact) mass is 248 g/mol. The molecule has 0 unspecified atom stereocenters. The van der Waals surface area contributed by atoms with E-state index in [0.29, 0.717) is 0 Å². The first-order chi connectivity index (χ1) is 7.42. The van der Waals surface area contributed by atoms with Crippen LogP contribution in [0.2, 0.25) is 0 Å². The first-order valence-electron chi connectivity index (χ1n) is 3.96. The number of pyridine rings is 1. The van der Waals surface area contributed by atoms with Gasteiger partial charge in [-0.05, 0) is 17.7 Å². The van der Waals surface area contributed by atoms with Crippen molar-refractivity contribution in [3.8, 4) is 0 Å². The van der Waals surface area contributed by atoms with Gasteiger partial charge in [0.25, 0.3) is 9.84 Å². The van der Waals surface area contributed by atoms with Crippen molar-refractivity contribution in [1.29, 1.82) is 0 Å². The molecule has 1 rings (SSSR count). The lowest BCUT2D eigenvalue weighted by molar-refractivity contribution is 0.101. The molecule has 0 bridgehead atoms. The van der Waals surface area contributed by atoms with Gasteiger partial charge in [-0.15, -0.1) is 0 Å². The van der Waals surface area contributed by atoms with Crippen molar-refractivity contribution < 1.29 is 17.2 Å². The fourth-order valence-corrected chi connectivity index (χ4v) is 1.85. The molecule has 0 spiro atoms. The van der Waals surface area contributed by atoms with Gasteiger partial charge in [-0.3, -0.25) is 0 Å². The van der Waals surface area contributed by atoms with E-state index in [9.17, 15) is 17.2 Å². The van der Waals surface area contributed by atoms with Gasteiger partial charge in [0, 0.05) is 11.1 Å². The van der Waals surface area contributed by atoms with E-state index in [-0.39, 0.29) is 0 Å². The zero-order chi connectivity index (χ0) is 12.2. The zero-order valence-corrected chi connectivity index (χ0v) is 8.60. The maximum Gasteiger partial charge on any atom is 0.357 e. The second kappa shape index (κ2) is 4.42. The Kier molecular flexibility index (Phi) is 3.41. The van der Waals surface area contributed by atoms with E-state index in [0.717, 1.165) is 12.3 Å². The number of hydrogen-bond acceptors (Lipinski definition) is 4. The van der Waals surface area contributed by atoms with Crippen molar-refractivity contribution in [2.75, 3.05) is 6.54 Å². The minimum absolute atomic E-state index is 0.756. The van der Waals surface area contributed by atoms with Gasteiger partial charge < -0.3 is 0 Å². The van der Waals surface area contributed by atoms with Crippen LogP contribution in [0.3, 0.4) is 0 Å². The number of hydrogen-bond donors (Lipinski definition) is 0. The zero-order valence-electron chi connectivity index (χ0n) is 7.79. The molecule has 0 N–H and O–H groups in total. The second-order valence-electron chi connectivity index (χ2n) is 2.70. The van der Waals surface area contributed by atoms with E-state index in [4.69, 9.17) is 5.53 Å². The Morgan fingerprint density at radius 3 is 2.69 bits per heavy atom. The van der Waals surface area contributed by atoms with Gasteiger partial charge >= 0.3 is 5.25 Å². The molecule has 0 fully saturated rings. The molecular formula is C7H6F2N4O2S. The van der Waals surface area contributed by atoms with Gasteiger partial charge in [0.15, 0.2) is 5.03 Å². The highest BCUT2D eigenvalue weighted by Crippen LogP contribution is 2.27. The first-order valence-corrected chi connectivity index (χ1v) is 5.44. The van der Waals surface area contributed by atoms with Crippen molar-refractivity contribution >= 4 is 9.84 Å². The highest BCUT2D eigenvalue weighted by Gasteiger charge is 2.46. The van der Waals surface area contributed by atoms with Crippen LogP contribution >= 0.6 is 0 Å². The smallest absolute Gasteiger partial charge is 0.245 e. The Balaban J connectivity index is 3.16. The van der Waals surface area contributed by atoms with Crippen LogP contribution in [0.1, 0.15) is 0 Å². The third-order valence-electron chi connectivity index (χ3n) is 1.62. The molecule has 16 heavy (non-hydrogen) atoms. The number of azide groups is 1. The van der Waals surface area contributed by atoms with Crippen molar-refractivity contribution in [2.24, 2.45) is 5.11 Å². The van der Waals surface area contributed by atoms with Crippen LogP contribution in [0.4, 0.5) is 8.78 Å². The third kappa shape index (κ3) is 2.26. The number of rotatable bonds is 4. The third-order valence-corrected chi connectivity index (χ3v) is 3.33. The predicted molar refractivity (Wildman–Crippen MR) is 50.4 cm³/mol. The van der Waals surface area contributed by atoms with Crippen molar-refractivity contribution in [3.05, 3.63) is 34.8 Å². The summed E-state index contributed by atoms with van der Waals surface area (Å²) in [4.78, 5) is 5.41. The number of nitrogens with zero attached hydrogens (tertiary/aromatic N) is 4. The van der Waals surface area contributed by atoms with E-state index in [1.165, 1.54) is 12.1 Å². The van der Waals surface area contributed by atoms with Gasteiger partial charge in [-0.2, -0.15) is 8.78 Å². The summed E-state index contributed by atoms with van der Waals surface area (Å²) in [5, 5.41) is -2.36. The molecule has 1 aromatic rings. The maximum absolute atomic E-state index is 13.2. The molecule has 1 aromatic heterocycles. The van der Waals surface area contributed by atoms with Crippen LogP contribution in [0, 0.1) is 0 Å². The quantitative estimate of drug-likeness (QED) is 0.461. The largest absolute Gasteiger partial charge is 0.357 e. The highest BCUT2D eigenvalue weighted by atomic mass is 32.2. The van der Waals surface area contributed by atoms with Crippen LogP contribution in [-0.2, 0) is 9.84 Å². The van der Waals surface area contributed by atoms with Crippen LogP contribution < -0.4 is 0 Å². The summed E-state index contributed by atoms with van der Waals surface area (Å²) in [6.07, 6.45) is 1.08. The molecule has 0 radical (unpaired) electrons. The van der Waals surface area contributed by atoms with Gasteiger partial charge in [0.1, 0.15) is 6.54 Å². The van der Waals surface area contributed by atoms with Gasteiger partial charge in [-0.1, -0.05) is 11.2 Å². The average Bonchev–Trinajstić information content (AvgIpc) is 2.27. The van der Waals surface area contributed by atoms with Crippen LogP contribution in [0.15, 0.2) is 34.5 Å². The molecule has 0 aliphatic carbocycles. The van der Waals surface area contributed by atoms with Crippen molar-refractivity contribution in [3.63, 3.8) is 0 Å². The summed E-state index contributed by atoms with van der Waals surface area (Å²) in [7, 11) is -4.92. The molecule has 1 heterocycles. The highest BCUT2D eigenvalue weighted by molar-refractivity contribution is 7.92. The second-order valence-corrected chi connectivity index (χ2v) is 4.72. The molecule has 0 saturated carbocycles. The summed E-state index contributed by atoms with van der Waals surface area (Å²) in [6.45, 7) is -1.46. The van der Waals surface area contributed by atoms with Crippen LogP contribution in [-0.4, -0.2) is 25.2 Å². The molecule has 0 aromatic carbocycles. The first kappa shape index (κ1) is 12.3. The number of halogens is 2. The summed E-state index contributed by atoms with van der Waals surface area (Å²) in [6, 6.07) is 3.60. The lowest BCUT2D eigenvalue weighted by atomic mass is 10.5. The Bertz CT molecular complexity index is 510. The molecule has 0 atom stereocenters. The molecule has 6 nitrogen and oxygen atoms in total. The van der Waals surface area contributed by atoms with Gasteiger partial charge in [0.2, 0.25) is 0 Å². The number of alkyl halides is 2. The summed E-state index contributed by atoms with van der Waals surface area (Å²) < 4.78 is 49.1. The Morgan fingerprint density at radius 2 is 2.19 bits per heavy atom. The topological polar surface area (TPSA) is 95.8 Å². The van der Waals surface area contributed by atoms with E-state index < -0.39 is 26.7 Å². The standard InChI is InChI=1S/C7H6F2N4O2S/c8-7(9,5-12-13-10)16(14,15)6-3-1-2-4-11-6/h1-4H,5H2. The minimum Gasteiger partial charge on any atom is -0.245 e. The fourth-order valence-electron chi connectivity index (χ4n) is 0.858. The Morgan fingerprint density at radius 1 is 1.50 bits per heavy atom. The molecule has 9 heteroatoms. The Hall–Kier alpha value is -1.73. The summed E-state index contributed by atoms with van der Waals surface area (Å²) in [5.41, 5.74) is 7.88. The number of aromatic nitrogens is 1. The minimum atomic E-state index is -4.92. The van der Waals surface area contributed by atoms with Gasteiger partial charge in [-0.25, -0.2) is 13.4 Å². The Labute approximate surface area is 89.5 Å². The lowest BCUT2D eigenvalue weighted by Gasteiger charge is -2.13. The maximum atomic E-state index is 13.2. The molecule has 0 aliphatic rings. The fraction of sp³-hybridized carbons (Fsp3) is 0.286. The average molecular weight is 248 g/mol. The molecule has 0 amide bonds. The van der Waals surface area contributed by atoms with E-state index in [2.05, 4.69) is 15.0 Å².